The Morgan fingerprint density at radius 1 is 1.12 bits per heavy atom. The van der Waals surface area contributed by atoms with Crippen LogP contribution < -0.4 is 11.1 Å². The Bertz CT molecular complexity index is 230. The van der Waals surface area contributed by atoms with Crippen LogP contribution in [0.15, 0.2) is 0 Å². The Kier molecular flexibility index (Phi) is 4.65. The summed E-state index contributed by atoms with van der Waals surface area (Å²) in [6.45, 7) is 13.3. The van der Waals surface area contributed by atoms with Crippen LogP contribution in [0.1, 0.15) is 66.7 Å². The minimum Gasteiger partial charge on any atom is -0.325 e. The third-order valence-electron chi connectivity index (χ3n) is 5.23. The molecule has 0 unspecified atom stereocenters. The second kappa shape index (κ2) is 5.27. The van der Waals surface area contributed by atoms with Crippen molar-refractivity contribution < 1.29 is 0 Å². The van der Waals surface area contributed by atoms with Crippen LogP contribution >= 0.6 is 0 Å². The number of nitrogens with two attached hydrogens (primary N) is 1. The standard InChI is InChI=1S/C15H32N2/c1-6-15(9-7-8-10-15)12-17-11-13(2,3)14(4,5)16/h17H,6-12,16H2,1-5H3. The van der Waals surface area contributed by atoms with E-state index in [-0.39, 0.29) is 11.0 Å². The van der Waals surface area contributed by atoms with E-state index >= 15 is 0 Å². The summed E-state index contributed by atoms with van der Waals surface area (Å²) < 4.78 is 0. The van der Waals surface area contributed by atoms with Crippen molar-refractivity contribution in [2.75, 3.05) is 13.1 Å². The van der Waals surface area contributed by atoms with Crippen LogP contribution in [0.2, 0.25) is 0 Å². The van der Waals surface area contributed by atoms with Gasteiger partial charge in [-0.3, -0.25) is 0 Å². The summed E-state index contributed by atoms with van der Waals surface area (Å²) in [4.78, 5) is 0. The predicted molar refractivity (Wildman–Crippen MR) is 76.1 cm³/mol. The third kappa shape index (κ3) is 3.69. The summed E-state index contributed by atoms with van der Waals surface area (Å²) in [6, 6.07) is 0. The number of nitrogens with one attached hydrogen (secondary N) is 1. The van der Waals surface area contributed by atoms with Crippen LogP contribution in [0.4, 0.5) is 0 Å². The van der Waals surface area contributed by atoms with Crippen LogP contribution in [0.25, 0.3) is 0 Å². The molecule has 2 heteroatoms. The first-order valence-electron chi connectivity index (χ1n) is 7.22. The molecule has 2 nitrogen and oxygen atoms in total. The van der Waals surface area contributed by atoms with Gasteiger partial charge >= 0.3 is 0 Å². The summed E-state index contributed by atoms with van der Waals surface area (Å²) in [5, 5.41) is 3.69. The van der Waals surface area contributed by atoms with E-state index in [1.165, 1.54) is 38.6 Å². The Morgan fingerprint density at radius 2 is 1.65 bits per heavy atom. The summed E-state index contributed by atoms with van der Waals surface area (Å²) >= 11 is 0. The number of hydrogen-bond acceptors (Lipinski definition) is 2. The topological polar surface area (TPSA) is 38.0 Å². The van der Waals surface area contributed by atoms with Gasteiger partial charge in [-0.2, -0.15) is 0 Å². The molecule has 1 saturated carbocycles. The highest BCUT2D eigenvalue weighted by Gasteiger charge is 2.35. The van der Waals surface area contributed by atoms with Crippen molar-refractivity contribution in [2.24, 2.45) is 16.6 Å². The molecule has 0 saturated heterocycles. The van der Waals surface area contributed by atoms with Gasteiger partial charge in [-0.1, -0.05) is 33.6 Å². The smallest absolute Gasteiger partial charge is 0.0161 e. The Balaban J connectivity index is 2.42. The second-order valence-electron chi connectivity index (χ2n) is 7.27. The van der Waals surface area contributed by atoms with Crippen molar-refractivity contribution in [1.29, 1.82) is 0 Å². The van der Waals surface area contributed by atoms with Gasteiger partial charge in [0.1, 0.15) is 0 Å². The van der Waals surface area contributed by atoms with Gasteiger partial charge in [0, 0.05) is 18.6 Å². The molecule has 1 aliphatic rings. The van der Waals surface area contributed by atoms with Crippen LogP contribution in [0.3, 0.4) is 0 Å². The zero-order valence-electron chi connectivity index (χ0n) is 12.5. The first-order chi connectivity index (χ1) is 7.72. The maximum absolute atomic E-state index is 6.23. The van der Waals surface area contributed by atoms with E-state index in [1.54, 1.807) is 0 Å². The molecule has 0 aromatic rings. The molecule has 17 heavy (non-hydrogen) atoms. The fraction of sp³-hybridized carbons (Fsp3) is 1.00. The zero-order chi connectivity index (χ0) is 13.2. The van der Waals surface area contributed by atoms with E-state index in [2.05, 4.69) is 39.9 Å². The normalized spacial score (nSPS) is 20.8. The fourth-order valence-electron chi connectivity index (χ4n) is 2.65. The molecule has 0 amide bonds. The van der Waals surface area contributed by atoms with E-state index in [0.717, 1.165) is 6.54 Å². The Labute approximate surface area is 108 Å². The Morgan fingerprint density at radius 3 is 2.06 bits per heavy atom. The van der Waals surface area contributed by atoms with Gasteiger partial charge in [0.05, 0.1) is 0 Å². The molecule has 0 bridgehead atoms. The van der Waals surface area contributed by atoms with Crippen molar-refractivity contribution in [1.82, 2.24) is 5.32 Å². The van der Waals surface area contributed by atoms with E-state index in [1.807, 2.05) is 0 Å². The lowest BCUT2D eigenvalue weighted by Crippen LogP contribution is -2.53. The molecule has 0 aromatic heterocycles. The average Bonchev–Trinajstić information content (AvgIpc) is 2.65. The summed E-state index contributed by atoms with van der Waals surface area (Å²) in [7, 11) is 0. The highest BCUT2D eigenvalue weighted by molar-refractivity contribution is 4.93. The van der Waals surface area contributed by atoms with Crippen LogP contribution in [-0.4, -0.2) is 18.6 Å². The summed E-state index contributed by atoms with van der Waals surface area (Å²) in [5.74, 6) is 0. The summed E-state index contributed by atoms with van der Waals surface area (Å²) in [5.41, 5.74) is 6.82. The van der Waals surface area contributed by atoms with Crippen molar-refractivity contribution in [2.45, 2.75) is 72.3 Å². The van der Waals surface area contributed by atoms with E-state index in [9.17, 15) is 0 Å². The zero-order valence-corrected chi connectivity index (χ0v) is 12.5. The van der Waals surface area contributed by atoms with Gasteiger partial charge in [0.2, 0.25) is 0 Å². The maximum atomic E-state index is 6.23. The van der Waals surface area contributed by atoms with Gasteiger partial charge in [-0.15, -0.1) is 0 Å². The molecule has 0 aliphatic heterocycles. The molecule has 0 spiro atoms. The molecule has 0 aromatic carbocycles. The second-order valence-corrected chi connectivity index (χ2v) is 7.27. The predicted octanol–water partition coefficient (Wildman–Crippen LogP) is 3.31. The van der Waals surface area contributed by atoms with Crippen molar-refractivity contribution in [3.05, 3.63) is 0 Å². The van der Waals surface area contributed by atoms with Crippen LogP contribution in [-0.2, 0) is 0 Å². The average molecular weight is 240 g/mol. The first-order valence-corrected chi connectivity index (χ1v) is 7.22. The molecular formula is C15H32N2. The minimum atomic E-state index is -0.130. The molecule has 1 rings (SSSR count). The Hall–Kier alpha value is -0.0800. The van der Waals surface area contributed by atoms with Crippen LogP contribution in [0.5, 0.6) is 0 Å². The van der Waals surface area contributed by atoms with E-state index < -0.39 is 0 Å². The van der Waals surface area contributed by atoms with Crippen LogP contribution in [0, 0.1) is 10.8 Å². The van der Waals surface area contributed by atoms with Gasteiger partial charge < -0.3 is 11.1 Å². The van der Waals surface area contributed by atoms with Gasteiger partial charge in [0.15, 0.2) is 0 Å². The minimum absolute atomic E-state index is 0.130. The lowest BCUT2D eigenvalue weighted by Gasteiger charge is -2.40. The van der Waals surface area contributed by atoms with Gasteiger partial charge in [-0.05, 0) is 43.9 Å². The highest BCUT2D eigenvalue weighted by Crippen LogP contribution is 2.40. The van der Waals surface area contributed by atoms with Crippen molar-refractivity contribution >= 4 is 0 Å². The molecular weight excluding hydrogens is 208 g/mol. The van der Waals surface area contributed by atoms with Gasteiger partial charge in [-0.25, -0.2) is 0 Å². The van der Waals surface area contributed by atoms with E-state index in [4.69, 9.17) is 5.73 Å². The number of rotatable bonds is 6. The molecule has 3 N–H and O–H groups in total. The SMILES string of the molecule is CCC1(CNCC(C)(C)C(C)(C)N)CCCC1. The quantitative estimate of drug-likeness (QED) is 0.747. The maximum Gasteiger partial charge on any atom is 0.0161 e. The molecule has 1 aliphatic carbocycles. The lowest BCUT2D eigenvalue weighted by atomic mass is 9.75. The highest BCUT2D eigenvalue weighted by atomic mass is 14.9. The summed E-state index contributed by atoms with van der Waals surface area (Å²) in [6.07, 6.45) is 6.96. The number of hydrogen-bond donors (Lipinski definition) is 2. The molecule has 0 radical (unpaired) electrons. The van der Waals surface area contributed by atoms with Crippen molar-refractivity contribution in [3.8, 4) is 0 Å². The molecule has 0 atom stereocenters. The third-order valence-corrected chi connectivity index (χ3v) is 5.23. The molecule has 0 heterocycles. The fourth-order valence-corrected chi connectivity index (χ4v) is 2.65. The monoisotopic (exact) mass is 240 g/mol. The van der Waals surface area contributed by atoms with Crippen molar-refractivity contribution in [3.63, 3.8) is 0 Å². The molecule has 102 valence electrons. The molecule has 1 fully saturated rings. The van der Waals surface area contributed by atoms with Gasteiger partial charge in [0.25, 0.3) is 0 Å². The first kappa shape index (κ1) is 15.0. The lowest BCUT2D eigenvalue weighted by molar-refractivity contribution is 0.177. The van der Waals surface area contributed by atoms with E-state index in [0.29, 0.717) is 5.41 Å². The largest absolute Gasteiger partial charge is 0.325 e.